The van der Waals surface area contributed by atoms with Crippen molar-refractivity contribution in [1.82, 2.24) is 20.3 Å². The number of nitrogens with one attached hydrogen (secondary N) is 1. The molecule has 1 aliphatic rings. The summed E-state index contributed by atoms with van der Waals surface area (Å²) in [5.74, 6) is 0. The van der Waals surface area contributed by atoms with Crippen LogP contribution in [0, 0.1) is 0 Å². The lowest BCUT2D eigenvalue weighted by Gasteiger charge is -2.32. The van der Waals surface area contributed by atoms with E-state index in [0.717, 1.165) is 0 Å². The van der Waals surface area contributed by atoms with Crippen molar-refractivity contribution in [3.05, 3.63) is 17.6 Å². The van der Waals surface area contributed by atoms with Crippen LogP contribution in [0.1, 0.15) is 81.4 Å². The lowest BCUT2D eigenvalue weighted by molar-refractivity contribution is 0.00578. The molecule has 2 rings (SSSR count). The fraction of sp³-hybridized carbons (Fsp3) is 0.762. The highest BCUT2D eigenvalue weighted by atomic mass is 19.1. The molecule has 2 heterocycles. The van der Waals surface area contributed by atoms with Crippen molar-refractivity contribution < 1.29 is 23.2 Å². The van der Waals surface area contributed by atoms with Crippen LogP contribution in [0.25, 0.3) is 6.08 Å². The maximum atomic E-state index is 14.5. The Morgan fingerprint density at radius 3 is 2.29 bits per heavy atom. The van der Waals surface area contributed by atoms with Crippen LogP contribution < -0.4 is 5.32 Å². The fourth-order valence-corrected chi connectivity index (χ4v) is 2.47. The monoisotopic (exact) mass is 440 g/mol. The summed E-state index contributed by atoms with van der Waals surface area (Å²) in [6, 6.07) is -0.249. The zero-order valence-corrected chi connectivity index (χ0v) is 20.6. The van der Waals surface area contributed by atoms with E-state index < -0.39 is 35.7 Å². The van der Waals surface area contributed by atoms with E-state index in [1.807, 2.05) is 34.6 Å². The minimum absolute atomic E-state index is 0.249. The number of halogens is 1. The van der Waals surface area contributed by atoms with Crippen LogP contribution in [0.5, 0.6) is 0 Å². The number of hydrogen-bond donors (Lipinski definition) is 1. The molecule has 1 aliphatic heterocycles. The highest BCUT2D eigenvalue weighted by molar-refractivity contribution is 6.54. The molecule has 176 valence electrons. The molecular formula is C21H38BFN4O4. The lowest BCUT2D eigenvalue weighted by atomic mass is 9.87. The van der Waals surface area contributed by atoms with Crippen LogP contribution in [-0.2, 0) is 20.6 Å². The first-order valence-corrected chi connectivity index (χ1v) is 10.7. The third kappa shape index (κ3) is 8.61. The normalized spacial score (nSPS) is 18.8. The molecule has 0 spiro atoms. The van der Waals surface area contributed by atoms with E-state index in [4.69, 9.17) is 14.0 Å². The van der Waals surface area contributed by atoms with Crippen LogP contribution in [0.4, 0.5) is 9.18 Å². The Labute approximate surface area is 186 Å². The van der Waals surface area contributed by atoms with Crippen molar-refractivity contribution in [3.63, 3.8) is 0 Å². The molecule has 8 nitrogen and oxygen atoms in total. The summed E-state index contributed by atoms with van der Waals surface area (Å²) in [5.41, 5.74) is -2.06. The van der Waals surface area contributed by atoms with Gasteiger partial charge in [0.05, 0.1) is 23.9 Å². The van der Waals surface area contributed by atoms with Gasteiger partial charge in [-0.3, -0.25) is 0 Å². The SMILES string of the molecule is CC(Cn1cc(C=C(F)B2OC(C)(C)C(C)(C)O2)nn1)NC(=O)OC(C)(C)C.CCC. The van der Waals surface area contributed by atoms with E-state index in [-0.39, 0.29) is 6.04 Å². The molecule has 1 saturated heterocycles. The van der Waals surface area contributed by atoms with Gasteiger partial charge in [-0.05, 0) is 61.5 Å². The molecule has 1 N–H and O–H groups in total. The molecule has 31 heavy (non-hydrogen) atoms. The third-order valence-electron chi connectivity index (χ3n) is 4.54. The minimum Gasteiger partial charge on any atom is -0.444 e. The van der Waals surface area contributed by atoms with Crippen molar-refractivity contribution in [2.45, 2.75) is 105 Å². The Morgan fingerprint density at radius 2 is 1.81 bits per heavy atom. The Hall–Kier alpha value is -1.94. The van der Waals surface area contributed by atoms with Crippen molar-refractivity contribution in [2.75, 3.05) is 0 Å². The van der Waals surface area contributed by atoms with Crippen molar-refractivity contribution in [2.24, 2.45) is 0 Å². The van der Waals surface area contributed by atoms with Gasteiger partial charge in [0.1, 0.15) is 17.0 Å². The average Bonchev–Trinajstić information content (AvgIpc) is 3.07. The molecule has 1 unspecified atom stereocenters. The second-order valence-electron chi connectivity index (χ2n) is 9.74. The number of amides is 1. The topological polar surface area (TPSA) is 87.5 Å². The highest BCUT2D eigenvalue weighted by Crippen LogP contribution is 2.38. The largest absolute Gasteiger partial charge is 0.525 e. The van der Waals surface area contributed by atoms with Crippen LogP contribution in [0.15, 0.2) is 11.9 Å². The molecular weight excluding hydrogens is 402 g/mol. The van der Waals surface area contributed by atoms with E-state index >= 15 is 0 Å². The molecule has 0 saturated carbocycles. The third-order valence-corrected chi connectivity index (χ3v) is 4.54. The predicted molar refractivity (Wildman–Crippen MR) is 120 cm³/mol. The van der Waals surface area contributed by atoms with Gasteiger partial charge >= 0.3 is 13.2 Å². The molecule has 1 amide bonds. The van der Waals surface area contributed by atoms with Gasteiger partial charge in [-0.25, -0.2) is 13.9 Å². The number of carbonyl (C=O) groups is 1. The first-order valence-electron chi connectivity index (χ1n) is 10.7. The van der Waals surface area contributed by atoms with Gasteiger partial charge < -0.3 is 19.4 Å². The summed E-state index contributed by atoms with van der Waals surface area (Å²) in [7, 11) is -1.08. The predicted octanol–water partition coefficient (Wildman–Crippen LogP) is 4.55. The molecule has 0 radical (unpaired) electrons. The molecule has 1 fully saturated rings. The fourth-order valence-electron chi connectivity index (χ4n) is 2.47. The summed E-state index contributed by atoms with van der Waals surface area (Å²) in [5, 5.41) is 10.6. The lowest BCUT2D eigenvalue weighted by Crippen LogP contribution is -2.41. The number of nitrogens with zero attached hydrogens (tertiary/aromatic N) is 3. The summed E-state index contributed by atoms with van der Waals surface area (Å²) < 4.78 is 32.6. The Morgan fingerprint density at radius 1 is 1.29 bits per heavy atom. The van der Waals surface area contributed by atoms with Crippen molar-refractivity contribution >= 4 is 19.3 Å². The van der Waals surface area contributed by atoms with Gasteiger partial charge in [-0.15, -0.1) is 5.10 Å². The van der Waals surface area contributed by atoms with Gasteiger partial charge in [0.15, 0.2) is 0 Å². The maximum absolute atomic E-state index is 14.5. The Kier molecular flexibility index (Phi) is 9.26. The number of carbonyl (C=O) groups excluding carboxylic acids is 1. The molecule has 0 bridgehead atoms. The summed E-state index contributed by atoms with van der Waals surface area (Å²) in [6.45, 7) is 19.2. The first-order chi connectivity index (χ1) is 14.1. The Balaban J connectivity index is 0.00000151. The molecule has 1 aromatic rings. The molecule has 1 aromatic heterocycles. The summed E-state index contributed by atoms with van der Waals surface area (Å²) in [4.78, 5) is 11.8. The Bertz CT molecular complexity index is 743. The van der Waals surface area contributed by atoms with Crippen LogP contribution in [-0.4, -0.2) is 51.1 Å². The van der Waals surface area contributed by atoms with Gasteiger partial charge in [-0.1, -0.05) is 25.5 Å². The number of hydrogen-bond acceptors (Lipinski definition) is 6. The zero-order valence-electron chi connectivity index (χ0n) is 20.6. The molecule has 1 atom stereocenters. The van der Waals surface area contributed by atoms with Gasteiger partial charge in [0, 0.05) is 6.04 Å². The van der Waals surface area contributed by atoms with Crippen LogP contribution in [0.2, 0.25) is 0 Å². The van der Waals surface area contributed by atoms with E-state index in [0.29, 0.717) is 12.2 Å². The van der Waals surface area contributed by atoms with Crippen molar-refractivity contribution in [3.8, 4) is 0 Å². The van der Waals surface area contributed by atoms with E-state index in [1.54, 1.807) is 27.0 Å². The molecule has 0 aromatic carbocycles. The zero-order chi connectivity index (χ0) is 24.0. The van der Waals surface area contributed by atoms with Gasteiger partial charge in [0.2, 0.25) is 0 Å². The molecule has 10 heteroatoms. The van der Waals surface area contributed by atoms with E-state index in [2.05, 4.69) is 29.5 Å². The summed E-state index contributed by atoms with van der Waals surface area (Å²) in [6.07, 6.45) is 3.56. The molecule has 0 aliphatic carbocycles. The standard InChI is InChI=1S/C18H30BFN4O4.C3H8/c1-12(21-15(25)26-16(2,3)4)10-24-11-13(22-23-24)9-14(20)19-27-17(5,6)18(7,8)28-19;1-3-2/h9,11-12H,10H2,1-8H3,(H,21,25);3H2,1-2H3. The number of aromatic nitrogens is 3. The second-order valence-corrected chi connectivity index (χ2v) is 9.74. The smallest absolute Gasteiger partial charge is 0.444 e. The number of rotatable bonds is 5. The second kappa shape index (κ2) is 10.6. The number of ether oxygens (including phenoxy) is 1. The number of alkyl carbamates (subject to hydrolysis) is 1. The van der Waals surface area contributed by atoms with Crippen molar-refractivity contribution in [1.29, 1.82) is 0 Å². The maximum Gasteiger partial charge on any atom is 0.525 e. The summed E-state index contributed by atoms with van der Waals surface area (Å²) >= 11 is 0. The van der Waals surface area contributed by atoms with E-state index in [9.17, 15) is 9.18 Å². The van der Waals surface area contributed by atoms with Crippen LogP contribution >= 0.6 is 0 Å². The van der Waals surface area contributed by atoms with E-state index in [1.165, 1.54) is 17.2 Å². The highest BCUT2D eigenvalue weighted by Gasteiger charge is 2.53. The average molecular weight is 440 g/mol. The van der Waals surface area contributed by atoms with Gasteiger partial charge in [-0.2, -0.15) is 0 Å². The first kappa shape index (κ1) is 27.1. The van der Waals surface area contributed by atoms with Crippen LogP contribution in [0.3, 0.4) is 0 Å². The van der Waals surface area contributed by atoms with Gasteiger partial charge in [0.25, 0.3) is 0 Å². The minimum atomic E-state index is -1.08. The quantitative estimate of drug-likeness (QED) is 0.676.